The largest absolute Gasteiger partial charge is 0.481 e. The molecule has 148 valence electrons. The second-order valence-electron chi connectivity index (χ2n) is 7.27. The number of nitrogens with zero attached hydrogens (tertiary/aromatic N) is 1. The quantitative estimate of drug-likeness (QED) is 0.659. The van der Waals surface area contributed by atoms with Gasteiger partial charge in [0.05, 0.1) is 6.42 Å². The summed E-state index contributed by atoms with van der Waals surface area (Å²) in [6.07, 6.45) is 4.05. The van der Waals surface area contributed by atoms with Crippen LogP contribution >= 0.6 is 0 Å². The summed E-state index contributed by atoms with van der Waals surface area (Å²) in [4.78, 5) is 38.5. The van der Waals surface area contributed by atoms with Crippen LogP contribution in [0.4, 0.5) is 0 Å². The predicted octanol–water partition coefficient (Wildman–Crippen LogP) is 2.62. The summed E-state index contributed by atoms with van der Waals surface area (Å²) in [6, 6.07) is 7.96. The molecule has 0 bridgehead atoms. The first-order valence-electron chi connectivity index (χ1n) is 9.82. The SMILES string of the molecule is CCCCC(CC)CN1C(=O)[C@H](Cc2ccccc2)NC(=O)[C@@H]1CC(=O)O. The fourth-order valence-electron chi connectivity index (χ4n) is 3.59. The molecule has 1 aliphatic heterocycles. The highest BCUT2D eigenvalue weighted by molar-refractivity contribution is 5.98. The minimum atomic E-state index is -1.07. The molecular weight excluding hydrogens is 344 g/mol. The monoisotopic (exact) mass is 374 g/mol. The van der Waals surface area contributed by atoms with E-state index < -0.39 is 18.1 Å². The van der Waals surface area contributed by atoms with Gasteiger partial charge < -0.3 is 15.3 Å². The Morgan fingerprint density at radius 1 is 1.22 bits per heavy atom. The second-order valence-corrected chi connectivity index (χ2v) is 7.27. The summed E-state index contributed by atoms with van der Waals surface area (Å²) in [6.45, 7) is 4.63. The Hall–Kier alpha value is -2.37. The van der Waals surface area contributed by atoms with Crippen LogP contribution in [-0.2, 0) is 20.8 Å². The third kappa shape index (κ3) is 5.81. The van der Waals surface area contributed by atoms with Gasteiger partial charge in [-0.05, 0) is 17.9 Å². The molecule has 3 atom stereocenters. The van der Waals surface area contributed by atoms with E-state index in [1.165, 1.54) is 4.90 Å². The van der Waals surface area contributed by atoms with Crippen LogP contribution in [0.3, 0.4) is 0 Å². The zero-order chi connectivity index (χ0) is 19.8. The number of rotatable bonds is 10. The number of hydrogen-bond donors (Lipinski definition) is 2. The van der Waals surface area contributed by atoms with Crippen molar-refractivity contribution >= 4 is 17.8 Å². The fraction of sp³-hybridized carbons (Fsp3) is 0.571. The lowest BCUT2D eigenvalue weighted by atomic mass is 9.94. The molecule has 1 aromatic rings. The fourth-order valence-corrected chi connectivity index (χ4v) is 3.59. The van der Waals surface area contributed by atoms with Gasteiger partial charge in [-0.2, -0.15) is 0 Å². The third-order valence-corrected chi connectivity index (χ3v) is 5.23. The Morgan fingerprint density at radius 3 is 2.52 bits per heavy atom. The van der Waals surface area contributed by atoms with Gasteiger partial charge in [-0.25, -0.2) is 0 Å². The van der Waals surface area contributed by atoms with Crippen LogP contribution in [0.1, 0.15) is 51.5 Å². The lowest BCUT2D eigenvalue weighted by Crippen LogP contribution is -2.65. The van der Waals surface area contributed by atoms with Crippen molar-refractivity contribution in [3.63, 3.8) is 0 Å². The smallest absolute Gasteiger partial charge is 0.305 e. The van der Waals surface area contributed by atoms with Gasteiger partial charge >= 0.3 is 5.97 Å². The van der Waals surface area contributed by atoms with Crippen molar-refractivity contribution in [2.75, 3.05) is 6.54 Å². The molecule has 1 aromatic carbocycles. The molecule has 0 radical (unpaired) electrons. The van der Waals surface area contributed by atoms with E-state index in [1.807, 2.05) is 30.3 Å². The van der Waals surface area contributed by atoms with Gasteiger partial charge in [0.15, 0.2) is 0 Å². The first kappa shape index (κ1) is 20.9. The number of piperazine rings is 1. The van der Waals surface area contributed by atoms with Crippen molar-refractivity contribution in [3.05, 3.63) is 35.9 Å². The van der Waals surface area contributed by atoms with Crippen LogP contribution < -0.4 is 5.32 Å². The van der Waals surface area contributed by atoms with E-state index in [1.54, 1.807) is 0 Å². The maximum Gasteiger partial charge on any atom is 0.305 e. The van der Waals surface area contributed by atoms with E-state index in [4.69, 9.17) is 0 Å². The summed E-state index contributed by atoms with van der Waals surface area (Å²) < 4.78 is 0. The Morgan fingerprint density at radius 2 is 1.93 bits per heavy atom. The molecule has 1 heterocycles. The Balaban J connectivity index is 2.19. The van der Waals surface area contributed by atoms with Crippen LogP contribution in [0.15, 0.2) is 30.3 Å². The molecule has 1 aliphatic rings. The number of carbonyl (C=O) groups excluding carboxylic acids is 2. The van der Waals surface area contributed by atoms with E-state index in [-0.39, 0.29) is 24.2 Å². The van der Waals surface area contributed by atoms with E-state index in [0.29, 0.717) is 13.0 Å². The number of hydrogen-bond acceptors (Lipinski definition) is 3. The minimum absolute atomic E-state index is 0.181. The van der Waals surface area contributed by atoms with Gasteiger partial charge in [-0.1, -0.05) is 63.4 Å². The number of unbranched alkanes of at least 4 members (excludes halogenated alkanes) is 1. The van der Waals surface area contributed by atoms with Crippen molar-refractivity contribution in [2.24, 2.45) is 5.92 Å². The van der Waals surface area contributed by atoms with E-state index in [2.05, 4.69) is 19.2 Å². The topological polar surface area (TPSA) is 86.7 Å². The average molecular weight is 374 g/mol. The van der Waals surface area contributed by atoms with E-state index in [9.17, 15) is 19.5 Å². The molecule has 0 saturated carbocycles. The maximum atomic E-state index is 13.1. The van der Waals surface area contributed by atoms with Crippen LogP contribution in [0.25, 0.3) is 0 Å². The molecule has 1 saturated heterocycles. The molecule has 0 aromatic heterocycles. The van der Waals surface area contributed by atoms with Crippen molar-refractivity contribution in [1.82, 2.24) is 10.2 Å². The Labute approximate surface area is 160 Å². The molecule has 2 N–H and O–H groups in total. The standard InChI is InChI=1S/C21H30N2O4/c1-3-5-9-15(4-2)14-23-18(13-19(24)25)20(26)22-17(21(23)27)12-16-10-7-6-8-11-16/h6-8,10-11,15,17-18H,3-5,9,12-14H2,1-2H3,(H,22,26)(H,24,25)/t15?,17-,18-/m0/s1. The second kappa shape index (κ2) is 10.1. The number of benzene rings is 1. The average Bonchev–Trinajstić information content (AvgIpc) is 2.65. The highest BCUT2D eigenvalue weighted by Crippen LogP contribution is 2.22. The molecule has 6 nitrogen and oxygen atoms in total. The zero-order valence-electron chi connectivity index (χ0n) is 16.2. The van der Waals surface area contributed by atoms with Gasteiger partial charge in [-0.3, -0.25) is 14.4 Å². The molecule has 1 fully saturated rings. The van der Waals surface area contributed by atoms with Crippen molar-refractivity contribution in [1.29, 1.82) is 0 Å². The first-order valence-corrected chi connectivity index (χ1v) is 9.82. The predicted molar refractivity (Wildman–Crippen MR) is 103 cm³/mol. The number of aliphatic carboxylic acids is 1. The van der Waals surface area contributed by atoms with Crippen molar-refractivity contribution in [3.8, 4) is 0 Å². The molecular formula is C21H30N2O4. The van der Waals surface area contributed by atoms with E-state index in [0.717, 1.165) is 31.2 Å². The lowest BCUT2D eigenvalue weighted by Gasteiger charge is -2.40. The Bertz CT molecular complexity index is 647. The van der Waals surface area contributed by atoms with Gasteiger partial charge in [0.25, 0.3) is 0 Å². The molecule has 6 heteroatoms. The van der Waals surface area contributed by atoms with Crippen molar-refractivity contribution in [2.45, 2.75) is 64.5 Å². The number of carboxylic acids is 1. The molecule has 27 heavy (non-hydrogen) atoms. The highest BCUT2D eigenvalue weighted by Gasteiger charge is 2.41. The van der Waals surface area contributed by atoms with Crippen LogP contribution in [0, 0.1) is 5.92 Å². The number of amides is 2. The first-order chi connectivity index (χ1) is 13.0. The number of nitrogens with one attached hydrogen (secondary N) is 1. The van der Waals surface area contributed by atoms with Gasteiger partial charge in [-0.15, -0.1) is 0 Å². The van der Waals surface area contributed by atoms with E-state index >= 15 is 0 Å². The minimum Gasteiger partial charge on any atom is -0.481 e. The summed E-state index contributed by atoms with van der Waals surface area (Å²) in [5, 5.41) is 11.9. The Kier molecular flexibility index (Phi) is 7.82. The molecule has 2 rings (SSSR count). The van der Waals surface area contributed by atoms with Gasteiger partial charge in [0.2, 0.25) is 11.8 Å². The molecule has 0 aliphatic carbocycles. The molecule has 0 spiro atoms. The summed E-state index contributed by atoms with van der Waals surface area (Å²) >= 11 is 0. The zero-order valence-corrected chi connectivity index (χ0v) is 16.2. The number of carboxylic acid groups (broad SMARTS) is 1. The number of carbonyl (C=O) groups is 3. The normalized spacial score (nSPS) is 21.0. The van der Waals surface area contributed by atoms with Crippen molar-refractivity contribution < 1.29 is 19.5 Å². The summed E-state index contributed by atoms with van der Waals surface area (Å²) in [5.41, 5.74) is 0.964. The third-order valence-electron chi connectivity index (χ3n) is 5.23. The molecule has 2 amide bonds. The maximum absolute atomic E-state index is 13.1. The lowest BCUT2D eigenvalue weighted by molar-refractivity contribution is -0.153. The van der Waals surface area contributed by atoms with Crippen LogP contribution in [0.5, 0.6) is 0 Å². The van der Waals surface area contributed by atoms with Crippen LogP contribution in [-0.4, -0.2) is 46.4 Å². The van der Waals surface area contributed by atoms with Gasteiger partial charge in [0, 0.05) is 13.0 Å². The highest BCUT2D eigenvalue weighted by atomic mass is 16.4. The summed E-state index contributed by atoms with van der Waals surface area (Å²) in [5.74, 6) is -1.35. The molecule has 1 unspecified atom stereocenters. The van der Waals surface area contributed by atoms with Gasteiger partial charge in [0.1, 0.15) is 12.1 Å². The van der Waals surface area contributed by atoms with Crippen LogP contribution in [0.2, 0.25) is 0 Å². The summed E-state index contributed by atoms with van der Waals surface area (Å²) in [7, 11) is 0.